The quantitative estimate of drug-likeness (QED) is 0.837. The van der Waals surface area contributed by atoms with Crippen LogP contribution in [0.5, 0.6) is 0 Å². The maximum atomic E-state index is 5.87. The van der Waals surface area contributed by atoms with Gasteiger partial charge in [-0.05, 0) is 40.0 Å². The van der Waals surface area contributed by atoms with Gasteiger partial charge in [-0.25, -0.2) is 5.90 Å². The summed E-state index contributed by atoms with van der Waals surface area (Å²) < 4.78 is 0.904. The number of benzene rings is 1. The number of rotatable bonds is 3. The number of hydrogen-bond acceptors (Lipinski definition) is 2. The molecule has 0 fully saturated rings. The molecule has 0 saturated carbocycles. The van der Waals surface area contributed by atoms with E-state index in [1.165, 1.54) is 0 Å². The lowest BCUT2D eigenvalue weighted by Gasteiger charge is -2.01. The number of halogens is 2. The van der Waals surface area contributed by atoms with Crippen LogP contribution in [-0.4, -0.2) is 6.61 Å². The minimum absolute atomic E-state index is 0.512. The molecule has 0 bridgehead atoms. The number of hydrogen-bond donors (Lipinski definition) is 1. The minimum Gasteiger partial charge on any atom is -0.304 e. The van der Waals surface area contributed by atoms with Gasteiger partial charge in [0, 0.05) is 4.47 Å². The van der Waals surface area contributed by atoms with Gasteiger partial charge in [0.05, 0.1) is 11.6 Å². The Bertz CT molecular complexity index is 267. The Morgan fingerprint density at radius 2 is 2.25 bits per heavy atom. The van der Waals surface area contributed by atoms with E-state index in [-0.39, 0.29) is 0 Å². The molecule has 0 unspecified atom stereocenters. The first-order valence-electron chi connectivity index (χ1n) is 3.49. The normalized spacial score (nSPS) is 10.2. The van der Waals surface area contributed by atoms with Gasteiger partial charge in [-0.3, -0.25) is 0 Å². The van der Waals surface area contributed by atoms with Gasteiger partial charge < -0.3 is 4.84 Å². The van der Waals surface area contributed by atoms with Gasteiger partial charge in [0.15, 0.2) is 0 Å². The molecule has 0 aliphatic heterocycles. The third-order valence-electron chi connectivity index (χ3n) is 1.49. The maximum Gasteiger partial charge on any atom is 0.0719 e. The molecule has 66 valence electrons. The fourth-order valence-electron chi connectivity index (χ4n) is 0.872. The first-order valence-corrected chi connectivity index (χ1v) is 4.66. The fraction of sp³-hybridized carbons (Fsp3) is 0.250. The van der Waals surface area contributed by atoms with Gasteiger partial charge in [0.25, 0.3) is 0 Å². The first kappa shape index (κ1) is 9.99. The smallest absolute Gasteiger partial charge is 0.0719 e. The van der Waals surface area contributed by atoms with Gasteiger partial charge in [-0.2, -0.15) is 0 Å². The highest BCUT2D eigenvalue weighted by atomic mass is 79.9. The first-order chi connectivity index (χ1) is 5.74. The van der Waals surface area contributed by atoms with E-state index >= 15 is 0 Å². The van der Waals surface area contributed by atoms with E-state index in [4.69, 9.17) is 17.5 Å². The Labute approximate surface area is 84.7 Å². The predicted octanol–water partition coefficient (Wildman–Crippen LogP) is 2.54. The molecule has 0 aliphatic rings. The van der Waals surface area contributed by atoms with Gasteiger partial charge in [0.1, 0.15) is 0 Å². The summed E-state index contributed by atoms with van der Waals surface area (Å²) in [4.78, 5) is 4.46. The Kier molecular flexibility index (Phi) is 4.01. The second-order valence-electron chi connectivity index (χ2n) is 2.37. The molecule has 0 saturated heterocycles. The van der Waals surface area contributed by atoms with Crippen LogP contribution >= 0.6 is 27.5 Å². The third kappa shape index (κ3) is 2.75. The molecule has 0 spiro atoms. The molecule has 12 heavy (non-hydrogen) atoms. The van der Waals surface area contributed by atoms with Gasteiger partial charge in [-0.1, -0.05) is 17.7 Å². The van der Waals surface area contributed by atoms with Crippen molar-refractivity contribution < 1.29 is 4.84 Å². The molecule has 4 heteroatoms. The monoisotopic (exact) mass is 249 g/mol. The van der Waals surface area contributed by atoms with Crippen LogP contribution in [0.3, 0.4) is 0 Å². The van der Waals surface area contributed by atoms with Crippen LogP contribution in [-0.2, 0) is 11.3 Å². The summed E-state index contributed by atoms with van der Waals surface area (Å²) >= 11 is 9.18. The highest BCUT2D eigenvalue weighted by Gasteiger charge is 1.98. The van der Waals surface area contributed by atoms with Crippen molar-refractivity contribution in [1.29, 1.82) is 0 Å². The van der Waals surface area contributed by atoms with Crippen molar-refractivity contribution in [3.05, 3.63) is 33.3 Å². The SMILES string of the molecule is NOCCc1ccc(Br)c(Cl)c1. The molecule has 0 heterocycles. The lowest BCUT2D eigenvalue weighted by atomic mass is 10.2. The molecule has 1 aromatic rings. The van der Waals surface area contributed by atoms with Crippen LogP contribution in [0.2, 0.25) is 5.02 Å². The number of nitrogens with two attached hydrogens (primary N) is 1. The average molecular weight is 251 g/mol. The van der Waals surface area contributed by atoms with Crippen molar-refractivity contribution in [2.45, 2.75) is 6.42 Å². The highest BCUT2D eigenvalue weighted by Crippen LogP contribution is 2.23. The lowest BCUT2D eigenvalue weighted by Crippen LogP contribution is -2.03. The van der Waals surface area contributed by atoms with Crippen molar-refractivity contribution in [3.63, 3.8) is 0 Å². The van der Waals surface area contributed by atoms with E-state index in [2.05, 4.69) is 20.8 Å². The van der Waals surface area contributed by atoms with Crippen LogP contribution in [0, 0.1) is 0 Å². The zero-order chi connectivity index (χ0) is 8.97. The molecule has 0 atom stereocenters. The van der Waals surface area contributed by atoms with E-state index in [0.717, 1.165) is 16.5 Å². The Hall–Kier alpha value is -0.0900. The van der Waals surface area contributed by atoms with Gasteiger partial charge in [0.2, 0.25) is 0 Å². The summed E-state index contributed by atoms with van der Waals surface area (Å²) in [6.07, 6.45) is 0.781. The Balaban J connectivity index is 2.69. The molecular formula is C8H9BrClNO. The second kappa shape index (κ2) is 4.82. The summed E-state index contributed by atoms with van der Waals surface area (Å²) in [6.45, 7) is 0.512. The largest absolute Gasteiger partial charge is 0.304 e. The van der Waals surface area contributed by atoms with Crippen molar-refractivity contribution >= 4 is 27.5 Å². The summed E-state index contributed by atoms with van der Waals surface area (Å²) in [5, 5.41) is 0.713. The summed E-state index contributed by atoms with van der Waals surface area (Å²) in [7, 11) is 0. The van der Waals surface area contributed by atoms with Crippen LogP contribution in [0.15, 0.2) is 22.7 Å². The topological polar surface area (TPSA) is 35.2 Å². The van der Waals surface area contributed by atoms with Crippen LogP contribution < -0.4 is 5.90 Å². The van der Waals surface area contributed by atoms with E-state index in [1.807, 2.05) is 18.2 Å². The highest BCUT2D eigenvalue weighted by molar-refractivity contribution is 9.10. The molecule has 0 amide bonds. The molecule has 2 N–H and O–H groups in total. The molecular weight excluding hydrogens is 241 g/mol. The van der Waals surface area contributed by atoms with Crippen LogP contribution in [0.4, 0.5) is 0 Å². The van der Waals surface area contributed by atoms with E-state index in [9.17, 15) is 0 Å². The maximum absolute atomic E-state index is 5.87. The predicted molar refractivity (Wildman–Crippen MR) is 53.0 cm³/mol. The standard InChI is InChI=1S/C8H9BrClNO/c9-7-2-1-6(3-4-12-11)5-8(7)10/h1-2,5H,3-4,11H2. The molecule has 0 radical (unpaired) electrons. The van der Waals surface area contributed by atoms with Crippen LogP contribution in [0.25, 0.3) is 0 Å². The summed E-state index contributed by atoms with van der Waals surface area (Å²) in [6, 6.07) is 5.79. The van der Waals surface area contributed by atoms with Crippen molar-refractivity contribution in [1.82, 2.24) is 0 Å². The third-order valence-corrected chi connectivity index (χ3v) is 2.73. The van der Waals surface area contributed by atoms with Crippen molar-refractivity contribution in [3.8, 4) is 0 Å². The van der Waals surface area contributed by atoms with E-state index in [0.29, 0.717) is 11.6 Å². The average Bonchev–Trinajstić information content (AvgIpc) is 2.07. The van der Waals surface area contributed by atoms with Crippen molar-refractivity contribution in [2.75, 3.05) is 6.61 Å². The van der Waals surface area contributed by atoms with Gasteiger partial charge >= 0.3 is 0 Å². The Morgan fingerprint density at radius 3 is 2.83 bits per heavy atom. The molecule has 1 rings (SSSR count). The molecule has 1 aromatic carbocycles. The second-order valence-corrected chi connectivity index (χ2v) is 3.63. The van der Waals surface area contributed by atoms with Crippen LogP contribution in [0.1, 0.15) is 5.56 Å². The molecule has 0 aliphatic carbocycles. The molecule has 0 aromatic heterocycles. The lowest BCUT2D eigenvalue weighted by molar-refractivity contribution is 0.141. The fourth-order valence-corrected chi connectivity index (χ4v) is 1.32. The van der Waals surface area contributed by atoms with Crippen molar-refractivity contribution in [2.24, 2.45) is 5.90 Å². The van der Waals surface area contributed by atoms with E-state index in [1.54, 1.807) is 0 Å². The van der Waals surface area contributed by atoms with E-state index < -0.39 is 0 Å². The van der Waals surface area contributed by atoms with Gasteiger partial charge in [-0.15, -0.1) is 0 Å². The minimum atomic E-state index is 0.512. The summed E-state index contributed by atoms with van der Waals surface area (Å²) in [5.41, 5.74) is 1.12. The Morgan fingerprint density at radius 1 is 1.50 bits per heavy atom. The zero-order valence-corrected chi connectivity index (χ0v) is 8.73. The summed E-state index contributed by atoms with van der Waals surface area (Å²) in [5.74, 6) is 4.90. The molecule has 2 nitrogen and oxygen atoms in total. The zero-order valence-electron chi connectivity index (χ0n) is 6.39.